The Morgan fingerprint density at radius 1 is 0.966 bits per heavy atom. The Kier molecular flexibility index (Phi) is 4.36. The van der Waals surface area contributed by atoms with Crippen molar-refractivity contribution in [2.45, 2.75) is 0 Å². The Morgan fingerprint density at radius 3 is 2.62 bits per heavy atom. The highest BCUT2D eigenvalue weighted by Crippen LogP contribution is 2.26. The van der Waals surface area contributed by atoms with Crippen molar-refractivity contribution in [1.82, 2.24) is 34.0 Å². The van der Waals surface area contributed by atoms with Crippen LogP contribution in [-0.4, -0.2) is 67.3 Å². The third-order valence-electron chi connectivity index (χ3n) is 5.26. The first-order chi connectivity index (χ1) is 14.2. The molecular formula is C20H23N9. The van der Waals surface area contributed by atoms with E-state index in [1.807, 2.05) is 48.5 Å². The van der Waals surface area contributed by atoms with Crippen LogP contribution in [0.4, 0.5) is 17.3 Å². The smallest absolute Gasteiger partial charge is 0.180 e. The van der Waals surface area contributed by atoms with E-state index >= 15 is 0 Å². The summed E-state index contributed by atoms with van der Waals surface area (Å²) in [5.74, 6) is 1.69. The van der Waals surface area contributed by atoms with E-state index in [4.69, 9.17) is 0 Å². The van der Waals surface area contributed by atoms with E-state index in [1.54, 1.807) is 10.9 Å². The number of imidazole rings is 1. The number of aryl methyl sites for hydroxylation is 1. The molecule has 29 heavy (non-hydrogen) atoms. The number of rotatable bonds is 4. The van der Waals surface area contributed by atoms with Crippen molar-refractivity contribution in [3.05, 3.63) is 49.3 Å². The molecule has 1 saturated heterocycles. The standard InChI is InChI=1S/C20H23N9/c1-26-7-9-28(10-8-26)18-11-16(3-4-21-18)25-19-20-23-13-17(29(20)6-5-22-19)15-12-24-27(2)14-15/h3-6,11-14H,7-10H2,1-2H3,(H,21,22,25). The maximum atomic E-state index is 4.59. The molecule has 1 N–H and O–H groups in total. The summed E-state index contributed by atoms with van der Waals surface area (Å²) in [6.07, 6.45) is 11.2. The molecule has 1 aliphatic heterocycles. The zero-order chi connectivity index (χ0) is 19.8. The van der Waals surface area contributed by atoms with E-state index in [0.29, 0.717) is 5.82 Å². The molecule has 4 aromatic rings. The van der Waals surface area contributed by atoms with Gasteiger partial charge in [-0.3, -0.25) is 9.08 Å². The quantitative estimate of drug-likeness (QED) is 0.572. The molecule has 5 rings (SSSR count). The van der Waals surface area contributed by atoms with Gasteiger partial charge in [0.05, 0.1) is 18.1 Å². The number of nitrogens with one attached hydrogen (secondary N) is 1. The van der Waals surface area contributed by atoms with Crippen molar-refractivity contribution in [1.29, 1.82) is 0 Å². The van der Waals surface area contributed by atoms with E-state index in [9.17, 15) is 0 Å². The number of anilines is 3. The molecule has 0 saturated carbocycles. The number of fused-ring (bicyclic) bond motifs is 1. The van der Waals surface area contributed by atoms with Crippen LogP contribution in [0.5, 0.6) is 0 Å². The van der Waals surface area contributed by atoms with Crippen LogP contribution >= 0.6 is 0 Å². The number of likely N-dealkylation sites (N-methyl/N-ethyl adjacent to an activating group) is 1. The van der Waals surface area contributed by atoms with Crippen molar-refractivity contribution in [2.24, 2.45) is 7.05 Å². The summed E-state index contributed by atoms with van der Waals surface area (Å²) in [6.45, 7) is 4.06. The second kappa shape index (κ2) is 7.17. The Balaban J connectivity index is 1.44. The SMILES string of the molecule is CN1CCN(c2cc(Nc3nccn4c(-c5cnn(C)c5)cnc34)ccn2)CC1. The lowest BCUT2D eigenvalue weighted by Gasteiger charge is -2.33. The van der Waals surface area contributed by atoms with Crippen molar-refractivity contribution in [3.63, 3.8) is 0 Å². The molecule has 0 atom stereocenters. The highest BCUT2D eigenvalue weighted by Gasteiger charge is 2.16. The van der Waals surface area contributed by atoms with Gasteiger partial charge in [-0.05, 0) is 13.1 Å². The van der Waals surface area contributed by atoms with Gasteiger partial charge in [-0.15, -0.1) is 0 Å². The van der Waals surface area contributed by atoms with Gasteiger partial charge >= 0.3 is 0 Å². The third kappa shape index (κ3) is 3.40. The highest BCUT2D eigenvalue weighted by molar-refractivity contribution is 5.74. The van der Waals surface area contributed by atoms with Crippen molar-refractivity contribution in [2.75, 3.05) is 43.4 Å². The molecule has 0 spiro atoms. The molecule has 9 nitrogen and oxygen atoms in total. The van der Waals surface area contributed by atoms with Gasteiger partial charge in [0, 0.05) is 75.3 Å². The van der Waals surface area contributed by atoms with Gasteiger partial charge in [-0.25, -0.2) is 15.0 Å². The highest BCUT2D eigenvalue weighted by atomic mass is 15.3. The van der Waals surface area contributed by atoms with Gasteiger partial charge in [0.25, 0.3) is 0 Å². The topological polar surface area (TPSA) is 79.4 Å². The molecule has 1 aliphatic rings. The molecule has 0 unspecified atom stereocenters. The molecule has 0 aliphatic carbocycles. The second-order valence-corrected chi connectivity index (χ2v) is 7.33. The van der Waals surface area contributed by atoms with Crippen molar-refractivity contribution >= 4 is 23.0 Å². The van der Waals surface area contributed by atoms with Gasteiger partial charge in [0.1, 0.15) is 5.82 Å². The van der Waals surface area contributed by atoms with Gasteiger partial charge in [0.2, 0.25) is 0 Å². The number of nitrogens with zero attached hydrogens (tertiary/aromatic N) is 8. The van der Waals surface area contributed by atoms with Gasteiger partial charge in [-0.2, -0.15) is 5.10 Å². The first-order valence-corrected chi connectivity index (χ1v) is 9.65. The molecular weight excluding hydrogens is 366 g/mol. The van der Waals surface area contributed by atoms with Crippen LogP contribution in [0, 0.1) is 0 Å². The van der Waals surface area contributed by atoms with Crippen LogP contribution in [0.15, 0.2) is 49.3 Å². The van der Waals surface area contributed by atoms with Crippen LogP contribution in [0.25, 0.3) is 16.9 Å². The van der Waals surface area contributed by atoms with Crippen molar-refractivity contribution < 1.29 is 0 Å². The summed E-state index contributed by atoms with van der Waals surface area (Å²) in [6, 6.07) is 4.02. The maximum absolute atomic E-state index is 4.59. The van der Waals surface area contributed by atoms with Crippen LogP contribution in [0.2, 0.25) is 0 Å². The number of aromatic nitrogens is 6. The van der Waals surface area contributed by atoms with Gasteiger partial charge in [-0.1, -0.05) is 0 Å². The second-order valence-electron chi connectivity index (χ2n) is 7.33. The van der Waals surface area contributed by atoms with Crippen LogP contribution < -0.4 is 10.2 Å². The molecule has 0 aromatic carbocycles. The number of pyridine rings is 1. The number of hydrogen-bond donors (Lipinski definition) is 1. The molecule has 0 bridgehead atoms. The fourth-order valence-corrected chi connectivity index (χ4v) is 3.62. The Hall–Kier alpha value is -3.46. The molecule has 0 amide bonds. The van der Waals surface area contributed by atoms with Crippen LogP contribution in [-0.2, 0) is 7.05 Å². The average Bonchev–Trinajstić information content (AvgIpc) is 3.35. The minimum Gasteiger partial charge on any atom is -0.354 e. The Labute approximate surface area is 168 Å². The number of hydrogen-bond acceptors (Lipinski definition) is 7. The number of piperazine rings is 1. The first-order valence-electron chi connectivity index (χ1n) is 9.65. The van der Waals surface area contributed by atoms with Gasteiger partial charge in [0.15, 0.2) is 11.5 Å². The fraction of sp³-hybridized carbons (Fsp3) is 0.300. The normalized spacial score (nSPS) is 15.2. The van der Waals surface area contributed by atoms with Crippen LogP contribution in [0.3, 0.4) is 0 Å². The summed E-state index contributed by atoms with van der Waals surface area (Å²) in [5.41, 5.74) is 3.70. The Bertz CT molecular complexity index is 1140. The fourth-order valence-electron chi connectivity index (χ4n) is 3.62. The summed E-state index contributed by atoms with van der Waals surface area (Å²) in [7, 11) is 4.06. The molecule has 4 aromatic heterocycles. The molecule has 1 fully saturated rings. The summed E-state index contributed by atoms with van der Waals surface area (Å²) < 4.78 is 3.81. The predicted octanol–water partition coefficient (Wildman–Crippen LogP) is 2.02. The van der Waals surface area contributed by atoms with E-state index in [0.717, 1.165) is 54.6 Å². The summed E-state index contributed by atoms with van der Waals surface area (Å²) in [5, 5.41) is 7.67. The zero-order valence-corrected chi connectivity index (χ0v) is 16.5. The van der Waals surface area contributed by atoms with E-state index in [2.05, 4.69) is 48.3 Å². The van der Waals surface area contributed by atoms with Crippen LogP contribution in [0.1, 0.15) is 0 Å². The maximum Gasteiger partial charge on any atom is 0.180 e. The molecule has 9 heteroatoms. The lowest BCUT2D eigenvalue weighted by molar-refractivity contribution is 0.312. The van der Waals surface area contributed by atoms with E-state index in [-0.39, 0.29) is 0 Å². The van der Waals surface area contributed by atoms with E-state index < -0.39 is 0 Å². The molecule has 5 heterocycles. The summed E-state index contributed by atoms with van der Waals surface area (Å²) >= 11 is 0. The Morgan fingerprint density at radius 2 is 1.83 bits per heavy atom. The lowest BCUT2D eigenvalue weighted by atomic mass is 10.3. The minimum atomic E-state index is 0.707. The molecule has 148 valence electrons. The molecule has 0 radical (unpaired) electrons. The zero-order valence-electron chi connectivity index (χ0n) is 16.5. The monoisotopic (exact) mass is 389 g/mol. The predicted molar refractivity (Wildman–Crippen MR) is 112 cm³/mol. The lowest BCUT2D eigenvalue weighted by Crippen LogP contribution is -2.44. The first kappa shape index (κ1) is 17.6. The van der Waals surface area contributed by atoms with Gasteiger partial charge < -0.3 is 15.1 Å². The summed E-state index contributed by atoms with van der Waals surface area (Å²) in [4.78, 5) is 18.3. The average molecular weight is 389 g/mol. The minimum absolute atomic E-state index is 0.707. The van der Waals surface area contributed by atoms with E-state index in [1.165, 1.54) is 0 Å². The van der Waals surface area contributed by atoms with Crippen molar-refractivity contribution in [3.8, 4) is 11.3 Å². The largest absolute Gasteiger partial charge is 0.354 e. The third-order valence-corrected chi connectivity index (χ3v) is 5.26.